The summed E-state index contributed by atoms with van der Waals surface area (Å²) in [6, 6.07) is 11.8. The van der Waals surface area contributed by atoms with E-state index in [9.17, 15) is 14.0 Å². The highest BCUT2D eigenvalue weighted by Crippen LogP contribution is 2.20. The highest BCUT2D eigenvalue weighted by Gasteiger charge is 2.19. The minimum atomic E-state index is -0.661. The molecule has 0 atom stereocenters. The summed E-state index contributed by atoms with van der Waals surface area (Å²) < 4.78 is 14.7. The number of nitrogens with one attached hydrogen (secondary N) is 2. The molecule has 0 aliphatic rings. The first-order valence-corrected chi connectivity index (χ1v) is 8.15. The molecule has 3 aromatic rings. The maximum absolute atomic E-state index is 13.1. The van der Waals surface area contributed by atoms with Gasteiger partial charge in [0.2, 0.25) is 0 Å². The summed E-state index contributed by atoms with van der Waals surface area (Å²) >= 11 is 0. The molecule has 8 heteroatoms. The van der Waals surface area contributed by atoms with Crippen molar-refractivity contribution in [2.24, 2.45) is 5.73 Å². The number of hydrogen-bond acceptors (Lipinski definition) is 3. The van der Waals surface area contributed by atoms with Crippen molar-refractivity contribution in [3.05, 3.63) is 71.3 Å². The van der Waals surface area contributed by atoms with Crippen LogP contribution >= 0.6 is 0 Å². The Morgan fingerprint density at radius 1 is 0.963 bits per heavy atom. The molecule has 0 bridgehead atoms. The van der Waals surface area contributed by atoms with Gasteiger partial charge in [0.05, 0.1) is 22.6 Å². The number of aryl methyl sites for hydroxylation is 1. The Bertz CT molecular complexity index is 994. The van der Waals surface area contributed by atoms with E-state index in [2.05, 4.69) is 15.7 Å². The van der Waals surface area contributed by atoms with E-state index in [-0.39, 0.29) is 11.7 Å². The Kier molecular flexibility index (Phi) is 4.89. The van der Waals surface area contributed by atoms with Gasteiger partial charge in [0.1, 0.15) is 5.82 Å². The highest BCUT2D eigenvalue weighted by atomic mass is 19.1. The van der Waals surface area contributed by atoms with Crippen LogP contribution in [0.25, 0.3) is 5.69 Å². The number of primary amides is 1. The van der Waals surface area contributed by atoms with E-state index in [0.29, 0.717) is 34.0 Å². The maximum Gasteiger partial charge on any atom is 0.316 e. The summed E-state index contributed by atoms with van der Waals surface area (Å²) in [4.78, 5) is 23.5. The lowest BCUT2D eigenvalue weighted by atomic mass is 10.1. The molecule has 4 N–H and O–H groups in total. The Morgan fingerprint density at radius 3 is 2.07 bits per heavy atom. The van der Waals surface area contributed by atoms with Crippen LogP contribution < -0.4 is 16.4 Å². The van der Waals surface area contributed by atoms with Crippen LogP contribution in [0.5, 0.6) is 0 Å². The summed E-state index contributed by atoms with van der Waals surface area (Å²) in [5.74, 6) is -0.651. The highest BCUT2D eigenvalue weighted by molar-refractivity contribution is 6.06. The molecule has 27 heavy (non-hydrogen) atoms. The van der Waals surface area contributed by atoms with Crippen molar-refractivity contribution in [3.8, 4) is 5.69 Å². The number of rotatable bonds is 4. The molecule has 2 aromatic carbocycles. The molecule has 0 aliphatic carbocycles. The second-order valence-electron chi connectivity index (χ2n) is 5.95. The minimum Gasteiger partial charge on any atom is -0.351 e. The average Bonchev–Trinajstić information content (AvgIpc) is 2.91. The molecule has 0 saturated carbocycles. The Labute approximate surface area is 155 Å². The predicted octanol–water partition coefficient (Wildman–Crippen LogP) is 3.37. The summed E-state index contributed by atoms with van der Waals surface area (Å²) in [7, 11) is 0. The minimum absolute atomic E-state index is 0.311. The van der Waals surface area contributed by atoms with Crippen LogP contribution in [0.3, 0.4) is 0 Å². The smallest absolute Gasteiger partial charge is 0.316 e. The second-order valence-corrected chi connectivity index (χ2v) is 5.95. The number of anilines is 2. The van der Waals surface area contributed by atoms with Crippen molar-refractivity contribution in [2.45, 2.75) is 13.8 Å². The van der Waals surface area contributed by atoms with Gasteiger partial charge < -0.3 is 16.4 Å². The number of amides is 3. The van der Waals surface area contributed by atoms with Crippen LogP contribution in [0.2, 0.25) is 0 Å². The zero-order chi connectivity index (χ0) is 19.6. The fourth-order valence-corrected chi connectivity index (χ4v) is 2.78. The summed E-state index contributed by atoms with van der Waals surface area (Å²) in [5.41, 5.74) is 8.45. The third-order valence-corrected chi connectivity index (χ3v) is 4.00. The number of halogens is 1. The third kappa shape index (κ3) is 3.95. The van der Waals surface area contributed by atoms with Crippen molar-refractivity contribution in [1.82, 2.24) is 9.78 Å². The van der Waals surface area contributed by atoms with Crippen molar-refractivity contribution in [1.29, 1.82) is 0 Å². The number of carbonyl (C=O) groups is 2. The van der Waals surface area contributed by atoms with Crippen molar-refractivity contribution in [2.75, 3.05) is 10.6 Å². The number of hydrogen-bond donors (Lipinski definition) is 3. The van der Waals surface area contributed by atoms with Crippen molar-refractivity contribution < 1.29 is 14.0 Å². The molecule has 3 amide bonds. The summed E-state index contributed by atoms with van der Waals surface area (Å²) in [5, 5.41) is 9.64. The fraction of sp³-hybridized carbons (Fsp3) is 0.105. The molecule has 0 radical (unpaired) electrons. The molecule has 7 nitrogen and oxygen atoms in total. The monoisotopic (exact) mass is 367 g/mol. The lowest BCUT2D eigenvalue weighted by molar-refractivity contribution is 0.102. The Morgan fingerprint density at radius 2 is 1.52 bits per heavy atom. The lowest BCUT2D eigenvalue weighted by Gasteiger charge is -2.08. The van der Waals surface area contributed by atoms with E-state index in [1.165, 1.54) is 12.1 Å². The fourth-order valence-electron chi connectivity index (χ4n) is 2.78. The lowest BCUT2D eigenvalue weighted by Crippen LogP contribution is -2.19. The molecule has 138 valence electrons. The standard InChI is InChI=1S/C19H18FN5O2/c1-11-17(12(2)25(24-11)16-9-3-13(20)4-10-16)18(26)22-14-5-7-15(8-6-14)23-19(21)27/h3-10H,1-2H3,(H,22,26)(H3,21,23,27). The third-order valence-electron chi connectivity index (χ3n) is 4.00. The number of aromatic nitrogens is 2. The van der Waals surface area contributed by atoms with E-state index in [0.717, 1.165) is 0 Å². The normalized spacial score (nSPS) is 10.5. The molecular formula is C19H18FN5O2. The van der Waals surface area contributed by atoms with Gasteiger partial charge in [-0.2, -0.15) is 5.10 Å². The van der Waals surface area contributed by atoms with E-state index >= 15 is 0 Å². The first-order chi connectivity index (χ1) is 12.8. The van der Waals surface area contributed by atoms with E-state index in [1.54, 1.807) is 54.9 Å². The van der Waals surface area contributed by atoms with Gasteiger partial charge in [0.25, 0.3) is 5.91 Å². The maximum atomic E-state index is 13.1. The van der Waals surface area contributed by atoms with Crippen LogP contribution in [0, 0.1) is 19.7 Å². The second kappa shape index (κ2) is 7.28. The van der Waals surface area contributed by atoms with Crippen molar-refractivity contribution >= 4 is 23.3 Å². The van der Waals surface area contributed by atoms with E-state index in [4.69, 9.17) is 5.73 Å². The van der Waals surface area contributed by atoms with Gasteiger partial charge in [-0.05, 0) is 62.4 Å². The SMILES string of the molecule is Cc1nn(-c2ccc(F)cc2)c(C)c1C(=O)Nc1ccc(NC(N)=O)cc1. The predicted molar refractivity (Wildman–Crippen MR) is 101 cm³/mol. The molecule has 0 spiro atoms. The molecule has 0 fully saturated rings. The number of nitrogens with zero attached hydrogens (tertiary/aromatic N) is 2. The molecule has 3 rings (SSSR count). The van der Waals surface area contributed by atoms with Crippen LogP contribution in [-0.2, 0) is 0 Å². The number of benzene rings is 2. The molecule has 0 unspecified atom stereocenters. The zero-order valence-corrected chi connectivity index (χ0v) is 14.8. The molecule has 1 aromatic heterocycles. The van der Waals surface area contributed by atoms with Gasteiger partial charge in [-0.3, -0.25) is 4.79 Å². The average molecular weight is 367 g/mol. The summed E-state index contributed by atoms with van der Waals surface area (Å²) in [6.07, 6.45) is 0. The van der Waals surface area contributed by atoms with Crippen LogP contribution in [0.1, 0.15) is 21.7 Å². The van der Waals surface area contributed by atoms with Gasteiger partial charge in [0.15, 0.2) is 0 Å². The molecule has 0 aliphatic heterocycles. The molecule has 0 saturated heterocycles. The largest absolute Gasteiger partial charge is 0.351 e. The van der Waals surface area contributed by atoms with Gasteiger partial charge in [-0.15, -0.1) is 0 Å². The quantitative estimate of drug-likeness (QED) is 0.659. The topological polar surface area (TPSA) is 102 Å². The van der Waals surface area contributed by atoms with Gasteiger partial charge in [-0.1, -0.05) is 0 Å². The number of carbonyl (C=O) groups excluding carboxylic acids is 2. The first-order valence-electron chi connectivity index (χ1n) is 8.15. The molecule has 1 heterocycles. The summed E-state index contributed by atoms with van der Waals surface area (Å²) in [6.45, 7) is 3.51. The van der Waals surface area contributed by atoms with Gasteiger partial charge in [-0.25, -0.2) is 13.9 Å². The van der Waals surface area contributed by atoms with E-state index < -0.39 is 6.03 Å². The van der Waals surface area contributed by atoms with Crippen LogP contribution in [0.4, 0.5) is 20.6 Å². The van der Waals surface area contributed by atoms with Crippen molar-refractivity contribution in [3.63, 3.8) is 0 Å². The Hall–Kier alpha value is -3.68. The number of urea groups is 1. The van der Waals surface area contributed by atoms with Gasteiger partial charge >= 0.3 is 6.03 Å². The Balaban J connectivity index is 1.83. The van der Waals surface area contributed by atoms with E-state index in [1.807, 2.05) is 0 Å². The zero-order valence-electron chi connectivity index (χ0n) is 14.8. The first kappa shape index (κ1) is 18.1. The van der Waals surface area contributed by atoms with Crippen LogP contribution in [0.15, 0.2) is 48.5 Å². The van der Waals surface area contributed by atoms with Gasteiger partial charge in [0, 0.05) is 11.4 Å². The van der Waals surface area contributed by atoms with Crippen LogP contribution in [-0.4, -0.2) is 21.7 Å². The molecular weight excluding hydrogens is 349 g/mol. The number of nitrogens with two attached hydrogens (primary N) is 1.